The summed E-state index contributed by atoms with van der Waals surface area (Å²) in [6.45, 7) is 10.1. The average molecular weight is 284 g/mol. The van der Waals surface area contributed by atoms with Crippen LogP contribution in [-0.4, -0.2) is 11.3 Å². The van der Waals surface area contributed by atoms with Gasteiger partial charge in [0.15, 0.2) is 0 Å². The molecule has 0 unspecified atom stereocenters. The molecule has 2 rings (SSSR count). The molecule has 0 aliphatic carbocycles. The molecule has 3 heteroatoms. The van der Waals surface area contributed by atoms with Crippen LogP contribution in [0.3, 0.4) is 0 Å². The van der Waals surface area contributed by atoms with Crippen LogP contribution >= 0.6 is 0 Å². The van der Waals surface area contributed by atoms with Gasteiger partial charge in [0, 0.05) is 0 Å². The van der Waals surface area contributed by atoms with Crippen molar-refractivity contribution in [1.29, 1.82) is 0 Å². The van der Waals surface area contributed by atoms with Crippen molar-refractivity contribution in [3.05, 3.63) is 52.1 Å². The second-order valence-corrected chi connectivity index (χ2v) is 5.41. The van der Waals surface area contributed by atoms with Gasteiger partial charge < -0.3 is 9.84 Å². The fourth-order valence-electron chi connectivity index (χ4n) is 2.54. The molecule has 0 aliphatic rings. The van der Waals surface area contributed by atoms with E-state index in [0.717, 1.165) is 27.8 Å². The van der Waals surface area contributed by atoms with Crippen molar-refractivity contribution in [1.82, 2.24) is 0 Å². The van der Waals surface area contributed by atoms with Gasteiger partial charge in [0.1, 0.15) is 5.75 Å². The van der Waals surface area contributed by atoms with Crippen LogP contribution in [0.25, 0.3) is 11.1 Å². The minimum atomic E-state index is -1.28. The number of hydrogen-bond acceptors (Lipinski definition) is 2. The van der Waals surface area contributed by atoms with E-state index in [1.807, 2.05) is 26.0 Å². The van der Waals surface area contributed by atoms with E-state index in [4.69, 9.17) is 9.84 Å². The second-order valence-electron chi connectivity index (χ2n) is 5.41. The van der Waals surface area contributed by atoms with E-state index < -0.39 is 6.16 Å². The predicted molar refractivity (Wildman–Crippen MR) is 84.2 cm³/mol. The number of ether oxygens (including phenoxy) is 1. The van der Waals surface area contributed by atoms with Crippen molar-refractivity contribution in [3.8, 4) is 16.9 Å². The molecule has 0 amide bonds. The summed E-state index contributed by atoms with van der Waals surface area (Å²) in [5, 5.41) is 8.89. The van der Waals surface area contributed by atoms with Gasteiger partial charge in [0.2, 0.25) is 0 Å². The van der Waals surface area contributed by atoms with Gasteiger partial charge in [-0.1, -0.05) is 18.2 Å². The molecule has 1 N–H and O–H groups in total. The maximum Gasteiger partial charge on any atom is 0.511 e. The smallest absolute Gasteiger partial charge is 0.449 e. The van der Waals surface area contributed by atoms with Gasteiger partial charge in [-0.05, 0) is 79.6 Å². The van der Waals surface area contributed by atoms with Gasteiger partial charge in [-0.3, -0.25) is 0 Å². The molecule has 0 saturated heterocycles. The molecule has 0 bridgehead atoms. The zero-order valence-electron chi connectivity index (χ0n) is 13.1. The second kappa shape index (κ2) is 5.60. The number of aryl methyl sites for hydroxylation is 1. The molecule has 0 aromatic heterocycles. The van der Waals surface area contributed by atoms with Crippen LogP contribution in [-0.2, 0) is 0 Å². The quantitative estimate of drug-likeness (QED) is 0.626. The SMILES string of the molecule is Cc1cccc(-c2cc(OC(=O)O)c(C)c(C)c2C)c1C. The topological polar surface area (TPSA) is 46.5 Å². The van der Waals surface area contributed by atoms with E-state index in [1.165, 1.54) is 11.1 Å². The summed E-state index contributed by atoms with van der Waals surface area (Å²) in [4.78, 5) is 10.9. The van der Waals surface area contributed by atoms with E-state index in [1.54, 1.807) is 0 Å². The average Bonchev–Trinajstić information content (AvgIpc) is 2.42. The molecule has 21 heavy (non-hydrogen) atoms. The Labute approximate surface area is 125 Å². The van der Waals surface area contributed by atoms with Crippen LogP contribution in [0.4, 0.5) is 4.79 Å². The van der Waals surface area contributed by atoms with Crippen LogP contribution in [0.15, 0.2) is 24.3 Å². The molecule has 0 atom stereocenters. The molecule has 110 valence electrons. The summed E-state index contributed by atoms with van der Waals surface area (Å²) in [7, 11) is 0. The van der Waals surface area contributed by atoms with E-state index in [-0.39, 0.29) is 0 Å². The van der Waals surface area contributed by atoms with Crippen molar-refractivity contribution in [2.45, 2.75) is 34.6 Å². The monoisotopic (exact) mass is 284 g/mol. The van der Waals surface area contributed by atoms with Crippen LogP contribution in [0, 0.1) is 34.6 Å². The Bertz CT molecular complexity index is 715. The summed E-state index contributed by atoms with van der Waals surface area (Å²) < 4.78 is 4.93. The molecule has 0 radical (unpaired) electrons. The first-order chi connectivity index (χ1) is 9.82. The third-order valence-electron chi connectivity index (χ3n) is 4.27. The Morgan fingerprint density at radius 1 is 0.905 bits per heavy atom. The Kier molecular flexibility index (Phi) is 4.03. The van der Waals surface area contributed by atoms with Crippen LogP contribution in [0.2, 0.25) is 0 Å². The highest BCUT2D eigenvalue weighted by molar-refractivity contribution is 5.76. The van der Waals surface area contributed by atoms with Crippen molar-refractivity contribution in [2.75, 3.05) is 0 Å². The van der Waals surface area contributed by atoms with Gasteiger partial charge in [-0.2, -0.15) is 0 Å². The van der Waals surface area contributed by atoms with E-state index >= 15 is 0 Å². The van der Waals surface area contributed by atoms with Gasteiger partial charge in [-0.15, -0.1) is 0 Å². The molecule has 3 nitrogen and oxygen atoms in total. The lowest BCUT2D eigenvalue weighted by molar-refractivity contribution is 0.144. The van der Waals surface area contributed by atoms with E-state index in [2.05, 4.69) is 32.9 Å². The van der Waals surface area contributed by atoms with Crippen molar-refractivity contribution < 1.29 is 14.6 Å². The Morgan fingerprint density at radius 2 is 1.57 bits per heavy atom. The first-order valence-corrected chi connectivity index (χ1v) is 6.91. The fraction of sp³-hybridized carbons (Fsp3) is 0.278. The summed E-state index contributed by atoms with van der Waals surface area (Å²) >= 11 is 0. The molecule has 2 aromatic carbocycles. The van der Waals surface area contributed by atoms with E-state index in [9.17, 15) is 4.79 Å². The molecule has 0 aliphatic heterocycles. The number of benzene rings is 2. The van der Waals surface area contributed by atoms with Gasteiger partial charge in [0.25, 0.3) is 0 Å². The Hall–Kier alpha value is -2.29. The molecule has 0 fully saturated rings. The lowest BCUT2D eigenvalue weighted by Gasteiger charge is -2.17. The third-order valence-corrected chi connectivity index (χ3v) is 4.27. The van der Waals surface area contributed by atoms with Crippen LogP contribution < -0.4 is 4.74 Å². The number of rotatable bonds is 2. The predicted octanol–water partition coefficient (Wildman–Crippen LogP) is 4.95. The minimum Gasteiger partial charge on any atom is -0.449 e. The lowest BCUT2D eigenvalue weighted by Crippen LogP contribution is -2.06. The Morgan fingerprint density at radius 3 is 2.19 bits per heavy atom. The van der Waals surface area contributed by atoms with Gasteiger partial charge in [-0.25, -0.2) is 4.79 Å². The zero-order valence-corrected chi connectivity index (χ0v) is 13.1. The molecule has 2 aromatic rings. The van der Waals surface area contributed by atoms with Crippen molar-refractivity contribution in [2.24, 2.45) is 0 Å². The lowest BCUT2D eigenvalue weighted by atomic mass is 9.90. The number of carboxylic acid groups (broad SMARTS) is 1. The van der Waals surface area contributed by atoms with Crippen molar-refractivity contribution >= 4 is 6.16 Å². The van der Waals surface area contributed by atoms with E-state index in [0.29, 0.717) is 5.75 Å². The molecule has 0 saturated carbocycles. The number of carbonyl (C=O) groups is 1. The molecule has 0 heterocycles. The van der Waals surface area contributed by atoms with Gasteiger partial charge in [0.05, 0.1) is 0 Å². The summed E-state index contributed by atoms with van der Waals surface area (Å²) in [5.74, 6) is 0.404. The van der Waals surface area contributed by atoms with Gasteiger partial charge >= 0.3 is 6.16 Å². The highest BCUT2D eigenvalue weighted by Gasteiger charge is 2.15. The zero-order chi connectivity index (χ0) is 15.7. The Balaban J connectivity index is 2.71. The maximum absolute atomic E-state index is 10.9. The van der Waals surface area contributed by atoms with Crippen LogP contribution in [0.1, 0.15) is 27.8 Å². The van der Waals surface area contributed by atoms with Crippen LogP contribution in [0.5, 0.6) is 5.75 Å². The molecule has 0 spiro atoms. The minimum absolute atomic E-state index is 0.404. The maximum atomic E-state index is 10.9. The normalized spacial score (nSPS) is 10.5. The summed E-state index contributed by atoms with van der Waals surface area (Å²) in [6, 6.07) is 7.98. The standard InChI is InChI=1S/C18H20O3/c1-10-7-6-8-15(11(10)2)16-9-17(21-18(19)20)14(5)12(3)13(16)4/h6-9H,1-5H3,(H,19,20). The largest absolute Gasteiger partial charge is 0.511 e. The summed E-state index contributed by atoms with van der Waals surface area (Å²) in [5.41, 5.74) is 7.63. The molecular formula is C18H20O3. The third kappa shape index (κ3) is 2.77. The summed E-state index contributed by atoms with van der Waals surface area (Å²) in [6.07, 6.45) is -1.28. The first kappa shape index (κ1) is 15.1. The highest BCUT2D eigenvalue weighted by Crippen LogP contribution is 2.36. The van der Waals surface area contributed by atoms with Crippen molar-refractivity contribution in [3.63, 3.8) is 0 Å². The first-order valence-electron chi connectivity index (χ1n) is 6.91. The number of hydrogen-bond donors (Lipinski definition) is 1. The highest BCUT2D eigenvalue weighted by atomic mass is 16.7. The fourth-order valence-corrected chi connectivity index (χ4v) is 2.54. The molecular weight excluding hydrogens is 264 g/mol.